The minimum Gasteiger partial charge on any atom is -0.487 e. The number of fused-ring (bicyclic) bond motifs is 4. The summed E-state index contributed by atoms with van der Waals surface area (Å²) in [6.45, 7) is 2.24. The molecule has 2 aliphatic heterocycles. The van der Waals surface area contributed by atoms with E-state index in [2.05, 4.69) is 12.1 Å². The highest BCUT2D eigenvalue weighted by Gasteiger charge is 2.44. The summed E-state index contributed by atoms with van der Waals surface area (Å²) in [4.78, 5) is 14.1. The van der Waals surface area contributed by atoms with Crippen LogP contribution in [0.15, 0.2) is 54.6 Å². The largest absolute Gasteiger partial charge is 0.487 e. The quantitative estimate of drug-likeness (QED) is 0.662. The number of carbonyl (C=O) groups is 1. The summed E-state index contributed by atoms with van der Waals surface area (Å²) < 4.78 is 23.0. The van der Waals surface area contributed by atoms with Gasteiger partial charge in [-0.25, -0.2) is 4.79 Å². The molecule has 1 amide bonds. The first kappa shape index (κ1) is 19.7. The van der Waals surface area contributed by atoms with Crippen molar-refractivity contribution < 1.29 is 23.7 Å². The van der Waals surface area contributed by atoms with E-state index in [0.717, 1.165) is 23.3 Å². The number of piperidine rings is 1. The third-order valence-electron chi connectivity index (χ3n) is 5.47. The molecule has 4 rings (SSSR count). The molecule has 0 saturated carbocycles. The molecule has 3 atom stereocenters. The van der Waals surface area contributed by atoms with Crippen LogP contribution >= 0.6 is 0 Å². The lowest BCUT2D eigenvalue weighted by Crippen LogP contribution is -2.55. The molecular weight excluding hydrogens is 370 g/mol. The topological polar surface area (TPSA) is 57.2 Å². The fourth-order valence-electron chi connectivity index (χ4n) is 4.02. The van der Waals surface area contributed by atoms with E-state index >= 15 is 0 Å². The highest BCUT2D eigenvalue weighted by molar-refractivity contribution is 5.69. The zero-order valence-corrected chi connectivity index (χ0v) is 16.7. The maximum Gasteiger partial charge on any atom is 0.410 e. The normalized spacial score (nSPS) is 22.5. The Morgan fingerprint density at radius 2 is 1.90 bits per heavy atom. The molecule has 0 spiro atoms. The lowest BCUT2D eigenvalue weighted by molar-refractivity contribution is -0.0947. The standard InChI is InChI=1S/C23H27NO5/c1-26-23(25)24-15-22(21-14-19(24)18-10-5-6-11-20(18)29-21)28-13-7-12-27-16-17-8-3-2-4-9-17/h2-6,8-11,19,21-22H,7,12-16H2,1H3/t19-,21-,22+/m1/s1. The van der Waals surface area contributed by atoms with Crippen LogP contribution in [0.2, 0.25) is 0 Å². The van der Waals surface area contributed by atoms with Gasteiger partial charge >= 0.3 is 6.09 Å². The average molecular weight is 397 g/mol. The van der Waals surface area contributed by atoms with Gasteiger partial charge < -0.3 is 18.9 Å². The molecule has 2 aromatic carbocycles. The zero-order chi connectivity index (χ0) is 20.1. The summed E-state index contributed by atoms with van der Waals surface area (Å²) in [6, 6.07) is 17.9. The lowest BCUT2D eigenvalue weighted by atomic mass is 9.88. The zero-order valence-electron chi connectivity index (χ0n) is 16.7. The Balaban J connectivity index is 1.31. The van der Waals surface area contributed by atoms with Gasteiger partial charge in [-0.2, -0.15) is 0 Å². The Bertz CT molecular complexity index is 812. The fourth-order valence-corrected chi connectivity index (χ4v) is 4.02. The monoisotopic (exact) mass is 397 g/mol. The summed E-state index contributed by atoms with van der Waals surface area (Å²) >= 11 is 0. The van der Waals surface area contributed by atoms with Crippen LogP contribution in [0.25, 0.3) is 0 Å². The predicted octanol–water partition coefficient (Wildman–Crippen LogP) is 3.95. The highest BCUT2D eigenvalue weighted by Crippen LogP contribution is 2.43. The van der Waals surface area contributed by atoms with Crippen LogP contribution in [-0.2, 0) is 20.8 Å². The van der Waals surface area contributed by atoms with Gasteiger partial charge in [-0.15, -0.1) is 0 Å². The number of rotatable bonds is 7. The molecule has 2 bridgehead atoms. The van der Waals surface area contributed by atoms with Crippen molar-refractivity contribution >= 4 is 6.09 Å². The van der Waals surface area contributed by atoms with Crippen molar-refractivity contribution in [3.63, 3.8) is 0 Å². The van der Waals surface area contributed by atoms with Crippen LogP contribution in [0.3, 0.4) is 0 Å². The molecule has 0 unspecified atom stereocenters. The molecule has 2 aromatic rings. The van der Waals surface area contributed by atoms with Crippen molar-refractivity contribution in [2.24, 2.45) is 0 Å². The smallest absolute Gasteiger partial charge is 0.410 e. The number of nitrogens with zero attached hydrogens (tertiary/aromatic N) is 1. The molecular formula is C23H27NO5. The van der Waals surface area contributed by atoms with Gasteiger partial charge in [-0.3, -0.25) is 4.90 Å². The minimum atomic E-state index is -0.329. The van der Waals surface area contributed by atoms with Crippen molar-refractivity contribution in [2.45, 2.75) is 37.7 Å². The van der Waals surface area contributed by atoms with Crippen LogP contribution in [0.5, 0.6) is 5.75 Å². The average Bonchev–Trinajstić information content (AvgIpc) is 2.77. The number of ether oxygens (including phenoxy) is 4. The SMILES string of the molecule is COC(=O)N1C[C@H](OCCCOCc2ccccc2)[C@H]2C[C@@H]1c1ccccc1O2. The van der Waals surface area contributed by atoms with Crippen LogP contribution in [-0.4, -0.2) is 50.1 Å². The van der Waals surface area contributed by atoms with Gasteiger partial charge in [0.2, 0.25) is 0 Å². The maximum atomic E-state index is 12.4. The van der Waals surface area contributed by atoms with Crippen LogP contribution in [0.4, 0.5) is 4.79 Å². The van der Waals surface area contributed by atoms with Crippen molar-refractivity contribution in [2.75, 3.05) is 26.9 Å². The molecule has 0 radical (unpaired) electrons. The Morgan fingerprint density at radius 3 is 2.72 bits per heavy atom. The molecule has 0 N–H and O–H groups in total. The molecule has 29 heavy (non-hydrogen) atoms. The van der Waals surface area contributed by atoms with Gasteiger partial charge in [0.25, 0.3) is 0 Å². The Morgan fingerprint density at radius 1 is 1.10 bits per heavy atom. The van der Waals surface area contributed by atoms with Gasteiger partial charge in [0.1, 0.15) is 18.0 Å². The summed E-state index contributed by atoms with van der Waals surface area (Å²) in [5.41, 5.74) is 2.19. The number of carbonyl (C=O) groups excluding carboxylic acids is 1. The molecule has 154 valence electrons. The number of para-hydroxylation sites is 1. The van der Waals surface area contributed by atoms with Gasteiger partial charge in [0.05, 0.1) is 26.3 Å². The Labute approximate surface area is 171 Å². The molecule has 2 aliphatic rings. The van der Waals surface area contributed by atoms with Gasteiger partial charge in [-0.05, 0) is 18.1 Å². The van der Waals surface area contributed by atoms with Crippen molar-refractivity contribution in [3.05, 3.63) is 65.7 Å². The molecule has 6 heteroatoms. The second-order valence-corrected chi connectivity index (χ2v) is 7.37. The van der Waals surface area contributed by atoms with E-state index in [4.69, 9.17) is 18.9 Å². The first-order valence-electron chi connectivity index (χ1n) is 10.1. The second kappa shape index (κ2) is 9.29. The van der Waals surface area contributed by atoms with Crippen LogP contribution in [0, 0.1) is 0 Å². The number of likely N-dealkylation sites (tertiary alicyclic amines) is 1. The van der Waals surface area contributed by atoms with E-state index in [9.17, 15) is 4.79 Å². The number of benzene rings is 2. The third-order valence-corrected chi connectivity index (χ3v) is 5.47. The molecule has 0 aromatic heterocycles. The number of hydrogen-bond donors (Lipinski definition) is 0. The summed E-state index contributed by atoms with van der Waals surface area (Å²) in [5.74, 6) is 0.821. The number of amides is 1. The number of methoxy groups -OCH3 is 1. The molecule has 1 fully saturated rings. The summed E-state index contributed by atoms with van der Waals surface area (Å²) in [7, 11) is 1.42. The van der Waals surface area contributed by atoms with Crippen LogP contribution < -0.4 is 4.74 Å². The van der Waals surface area contributed by atoms with E-state index < -0.39 is 0 Å². The first-order valence-corrected chi connectivity index (χ1v) is 10.1. The van der Waals surface area contributed by atoms with Crippen LogP contribution in [0.1, 0.15) is 30.0 Å². The van der Waals surface area contributed by atoms with E-state index in [1.165, 1.54) is 7.11 Å². The third kappa shape index (κ3) is 4.54. The maximum absolute atomic E-state index is 12.4. The summed E-state index contributed by atoms with van der Waals surface area (Å²) in [6.07, 6.45) is 0.911. The molecule has 2 heterocycles. The van der Waals surface area contributed by atoms with Gasteiger partial charge in [-0.1, -0.05) is 48.5 Å². The van der Waals surface area contributed by atoms with E-state index in [0.29, 0.717) is 32.8 Å². The predicted molar refractivity (Wildman–Crippen MR) is 108 cm³/mol. The van der Waals surface area contributed by atoms with Gasteiger partial charge in [0, 0.05) is 25.2 Å². The minimum absolute atomic E-state index is 0.0357. The fraction of sp³-hybridized carbons (Fsp3) is 0.435. The highest BCUT2D eigenvalue weighted by atomic mass is 16.6. The van der Waals surface area contributed by atoms with E-state index in [1.54, 1.807) is 4.90 Å². The molecule has 1 saturated heterocycles. The molecule has 6 nitrogen and oxygen atoms in total. The first-order chi connectivity index (χ1) is 14.3. The Kier molecular flexibility index (Phi) is 6.32. The molecule has 0 aliphatic carbocycles. The Hall–Kier alpha value is -2.57. The van der Waals surface area contributed by atoms with E-state index in [-0.39, 0.29) is 24.3 Å². The summed E-state index contributed by atoms with van der Waals surface area (Å²) in [5, 5.41) is 0. The van der Waals surface area contributed by atoms with Crippen molar-refractivity contribution in [1.82, 2.24) is 4.90 Å². The second-order valence-electron chi connectivity index (χ2n) is 7.37. The van der Waals surface area contributed by atoms with Crippen molar-refractivity contribution in [3.8, 4) is 5.75 Å². The van der Waals surface area contributed by atoms with Gasteiger partial charge in [0.15, 0.2) is 0 Å². The lowest BCUT2D eigenvalue weighted by Gasteiger charge is -2.46. The van der Waals surface area contributed by atoms with Crippen molar-refractivity contribution in [1.29, 1.82) is 0 Å². The van der Waals surface area contributed by atoms with E-state index in [1.807, 2.05) is 42.5 Å². The number of hydrogen-bond acceptors (Lipinski definition) is 5.